The van der Waals surface area contributed by atoms with Gasteiger partial charge in [0.25, 0.3) is 0 Å². The van der Waals surface area contributed by atoms with Gasteiger partial charge in [0.2, 0.25) is 15.9 Å². The van der Waals surface area contributed by atoms with Gasteiger partial charge in [-0.2, -0.15) is 4.72 Å². The Labute approximate surface area is 208 Å². The first-order valence-corrected chi connectivity index (χ1v) is 12.5. The first-order chi connectivity index (χ1) is 16.2. The summed E-state index contributed by atoms with van der Waals surface area (Å²) in [4.78, 5) is 24.7. The highest BCUT2D eigenvalue weighted by Gasteiger charge is 2.28. The van der Waals surface area contributed by atoms with Gasteiger partial charge in [0, 0.05) is 10.7 Å². The highest BCUT2D eigenvalue weighted by atomic mass is 35.5. The lowest BCUT2D eigenvalue weighted by Gasteiger charge is -2.19. The lowest BCUT2D eigenvalue weighted by Crippen LogP contribution is -2.45. The molecule has 0 bridgehead atoms. The molecule has 0 heterocycles. The molecule has 0 spiro atoms. The first-order valence-electron chi connectivity index (χ1n) is 10.3. The van der Waals surface area contributed by atoms with Crippen LogP contribution in [0.4, 0.5) is 5.69 Å². The Morgan fingerprint density at radius 1 is 0.971 bits per heavy atom. The average Bonchev–Trinajstić information content (AvgIpc) is 2.81. The third-order valence-electron chi connectivity index (χ3n) is 4.74. The molecule has 0 aliphatic heterocycles. The Morgan fingerprint density at radius 2 is 1.65 bits per heavy atom. The van der Waals surface area contributed by atoms with Crippen LogP contribution < -0.4 is 10.0 Å². The van der Waals surface area contributed by atoms with Crippen LogP contribution in [0, 0.1) is 0 Å². The van der Waals surface area contributed by atoms with Crippen LogP contribution in [-0.4, -0.2) is 32.9 Å². The highest BCUT2D eigenvalue weighted by Crippen LogP contribution is 2.25. The van der Waals surface area contributed by atoms with Crippen LogP contribution in [0.15, 0.2) is 77.7 Å². The Hall–Kier alpha value is -2.91. The summed E-state index contributed by atoms with van der Waals surface area (Å²) >= 11 is 12.0. The molecular weight excluding hydrogens is 499 g/mol. The molecule has 0 fully saturated rings. The van der Waals surface area contributed by atoms with Crippen molar-refractivity contribution in [2.24, 2.45) is 0 Å². The molecule has 1 atom stereocenters. The van der Waals surface area contributed by atoms with Gasteiger partial charge in [-0.05, 0) is 61.4 Å². The van der Waals surface area contributed by atoms with Crippen LogP contribution in [0.25, 0.3) is 0 Å². The van der Waals surface area contributed by atoms with Crippen LogP contribution in [-0.2, 0) is 26.0 Å². The van der Waals surface area contributed by atoms with Crippen molar-refractivity contribution in [3.05, 3.63) is 94.0 Å². The van der Waals surface area contributed by atoms with Crippen molar-refractivity contribution in [1.82, 2.24) is 4.72 Å². The molecule has 0 saturated carbocycles. The van der Waals surface area contributed by atoms with Gasteiger partial charge in [-0.1, -0.05) is 53.5 Å². The van der Waals surface area contributed by atoms with Crippen molar-refractivity contribution in [3.8, 4) is 0 Å². The number of sulfonamides is 1. The van der Waals surface area contributed by atoms with Crippen LogP contribution in [0.1, 0.15) is 22.8 Å². The van der Waals surface area contributed by atoms with E-state index < -0.39 is 27.9 Å². The number of benzene rings is 3. The van der Waals surface area contributed by atoms with E-state index in [2.05, 4.69) is 10.0 Å². The lowest BCUT2D eigenvalue weighted by atomic mass is 10.1. The van der Waals surface area contributed by atoms with Gasteiger partial charge in [-0.25, -0.2) is 13.2 Å². The fourth-order valence-electron chi connectivity index (χ4n) is 3.11. The highest BCUT2D eigenvalue weighted by molar-refractivity contribution is 7.89. The van der Waals surface area contributed by atoms with E-state index in [-0.39, 0.29) is 28.0 Å². The number of hydrogen-bond acceptors (Lipinski definition) is 5. The normalized spacial score (nSPS) is 12.1. The molecule has 0 unspecified atom stereocenters. The molecule has 2 N–H and O–H groups in total. The van der Waals surface area contributed by atoms with Crippen molar-refractivity contribution < 1.29 is 22.7 Å². The van der Waals surface area contributed by atoms with Crippen LogP contribution in [0.5, 0.6) is 0 Å². The van der Waals surface area contributed by atoms with E-state index in [4.69, 9.17) is 27.9 Å². The number of rotatable bonds is 9. The molecule has 7 nitrogen and oxygen atoms in total. The Bertz CT molecular complexity index is 1270. The van der Waals surface area contributed by atoms with E-state index in [0.717, 1.165) is 5.56 Å². The molecule has 0 aromatic heterocycles. The van der Waals surface area contributed by atoms with Gasteiger partial charge in [0.15, 0.2) is 0 Å². The zero-order valence-electron chi connectivity index (χ0n) is 18.1. The maximum absolute atomic E-state index is 13.1. The second-order valence-electron chi connectivity index (χ2n) is 7.23. The number of carbonyl (C=O) groups excluding carboxylic acids is 2. The fraction of sp³-hybridized carbons (Fsp3) is 0.167. The Balaban J connectivity index is 1.84. The molecule has 0 radical (unpaired) electrons. The average molecular weight is 521 g/mol. The predicted octanol–water partition coefficient (Wildman–Crippen LogP) is 4.70. The number of carbonyl (C=O) groups is 2. The summed E-state index contributed by atoms with van der Waals surface area (Å²) in [5.41, 5.74) is 1.47. The smallest absolute Gasteiger partial charge is 0.338 e. The summed E-state index contributed by atoms with van der Waals surface area (Å²) < 4.78 is 33.5. The summed E-state index contributed by atoms with van der Waals surface area (Å²) in [5, 5.41) is 2.85. The van der Waals surface area contributed by atoms with Crippen molar-refractivity contribution in [1.29, 1.82) is 0 Å². The zero-order chi connectivity index (χ0) is 24.7. The summed E-state index contributed by atoms with van der Waals surface area (Å²) in [7, 11) is -4.18. The number of anilines is 1. The molecule has 1 amide bonds. The molecule has 0 aliphatic carbocycles. The molecule has 3 aromatic rings. The second kappa shape index (κ2) is 11.5. The quantitative estimate of drug-likeness (QED) is 0.398. The van der Waals surface area contributed by atoms with Gasteiger partial charge in [-0.15, -0.1) is 0 Å². The van der Waals surface area contributed by atoms with E-state index in [0.29, 0.717) is 11.3 Å². The summed E-state index contributed by atoms with van der Waals surface area (Å²) in [6, 6.07) is 18.0. The van der Waals surface area contributed by atoms with Gasteiger partial charge in [0.05, 0.1) is 17.2 Å². The monoisotopic (exact) mass is 520 g/mol. The number of amides is 1. The standard InChI is InChI=1S/C24H22Cl2N2O5S/c1-2-33-24(30)17-8-11-19(12-9-17)27-23(29)21(14-16-6-4-3-5-7-16)28-34(31,32)22-15-18(25)10-13-20(22)26/h3-13,15,21,28H,2,14H2,1H3,(H,27,29)/t21-/m0/s1. The van der Waals surface area contributed by atoms with E-state index in [1.165, 1.54) is 42.5 Å². The third kappa shape index (κ3) is 6.80. The topological polar surface area (TPSA) is 102 Å². The minimum absolute atomic E-state index is 0.0228. The maximum atomic E-state index is 13.1. The molecule has 34 heavy (non-hydrogen) atoms. The van der Waals surface area contributed by atoms with Gasteiger partial charge >= 0.3 is 5.97 Å². The second-order valence-corrected chi connectivity index (χ2v) is 9.75. The minimum Gasteiger partial charge on any atom is -0.462 e. The molecule has 0 aliphatic rings. The van der Waals surface area contributed by atoms with Crippen molar-refractivity contribution >= 4 is 50.8 Å². The Morgan fingerprint density at radius 3 is 2.29 bits per heavy atom. The third-order valence-corrected chi connectivity index (χ3v) is 6.93. The van der Waals surface area contributed by atoms with Gasteiger partial charge in [-0.3, -0.25) is 4.79 Å². The largest absolute Gasteiger partial charge is 0.462 e. The zero-order valence-corrected chi connectivity index (χ0v) is 20.5. The first kappa shape index (κ1) is 25.7. The number of esters is 1. The summed E-state index contributed by atoms with van der Waals surface area (Å²) in [6.07, 6.45) is 0.0883. The van der Waals surface area contributed by atoms with Crippen LogP contribution >= 0.6 is 23.2 Å². The van der Waals surface area contributed by atoms with Gasteiger partial charge < -0.3 is 10.1 Å². The molecule has 178 valence electrons. The molecular formula is C24H22Cl2N2O5S. The van der Waals surface area contributed by atoms with Crippen molar-refractivity contribution in [2.75, 3.05) is 11.9 Å². The SMILES string of the molecule is CCOC(=O)c1ccc(NC(=O)[C@H](Cc2ccccc2)NS(=O)(=O)c2cc(Cl)ccc2Cl)cc1. The van der Waals surface area contributed by atoms with E-state index in [1.54, 1.807) is 31.2 Å². The molecule has 0 saturated heterocycles. The fourth-order valence-corrected chi connectivity index (χ4v) is 5.06. The molecule has 10 heteroatoms. The van der Waals surface area contributed by atoms with E-state index >= 15 is 0 Å². The Kier molecular flexibility index (Phi) is 8.68. The summed E-state index contributed by atoms with van der Waals surface area (Å²) in [6.45, 7) is 1.95. The molecule has 3 rings (SSSR count). The van der Waals surface area contributed by atoms with Crippen LogP contribution in [0.3, 0.4) is 0 Å². The van der Waals surface area contributed by atoms with E-state index in [1.807, 2.05) is 6.07 Å². The number of nitrogens with one attached hydrogen (secondary N) is 2. The summed E-state index contributed by atoms with van der Waals surface area (Å²) in [5.74, 6) is -1.07. The predicted molar refractivity (Wildman–Crippen MR) is 132 cm³/mol. The van der Waals surface area contributed by atoms with E-state index in [9.17, 15) is 18.0 Å². The minimum atomic E-state index is -4.18. The van der Waals surface area contributed by atoms with Crippen molar-refractivity contribution in [2.45, 2.75) is 24.3 Å². The maximum Gasteiger partial charge on any atom is 0.338 e. The van der Waals surface area contributed by atoms with Gasteiger partial charge in [0.1, 0.15) is 10.9 Å². The number of ether oxygens (including phenoxy) is 1. The number of halogens is 2. The number of hydrogen-bond donors (Lipinski definition) is 2. The lowest BCUT2D eigenvalue weighted by molar-refractivity contribution is -0.117. The van der Waals surface area contributed by atoms with Crippen molar-refractivity contribution in [3.63, 3.8) is 0 Å². The van der Waals surface area contributed by atoms with Crippen LogP contribution in [0.2, 0.25) is 10.0 Å². The molecule has 3 aromatic carbocycles.